The molecule has 0 bridgehead atoms. The molecule has 1 atom stereocenters. The van der Waals surface area contributed by atoms with Crippen molar-refractivity contribution in [1.82, 2.24) is 9.88 Å². The molecule has 0 saturated heterocycles. The predicted octanol–water partition coefficient (Wildman–Crippen LogP) is 1.63. The number of likely N-dealkylation sites (N-methyl/N-ethyl adjacent to an activating group) is 2. The summed E-state index contributed by atoms with van der Waals surface area (Å²) in [5.74, 6) is 1.04. The van der Waals surface area contributed by atoms with Gasteiger partial charge in [0.05, 0.1) is 0 Å². The van der Waals surface area contributed by atoms with Crippen molar-refractivity contribution in [3.05, 3.63) is 23.4 Å². The summed E-state index contributed by atoms with van der Waals surface area (Å²) in [6, 6.07) is 4.53. The molecule has 1 unspecified atom stereocenters. The number of nitrogens with two attached hydrogens (primary N) is 1. The van der Waals surface area contributed by atoms with Crippen LogP contribution in [0.4, 0.5) is 5.82 Å². The first kappa shape index (κ1) is 14.9. The SMILES string of the molecule is CCN(c1nc(C)ccc1CN)C(C)CN(C)C. The molecule has 1 aromatic heterocycles. The molecule has 0 spiro atoms. The minimum absolute atomic E-state index is 0.421. The third-order valence-corrected chi connectivity index (χ3v) is 3.09. The average molecular weight is 250 g/mol. The Labute approximate surface area is 111 Å². The second-order valence-electron chi connectivity index (χ2n) is 5.04. The maximum atomic E-state index is 5.82. The van der Waals surface area contributed by atoms with E-state index in [1.165, 1.54) is 0 Å². The second-order valence-corrected chi connectivity index (χ2v) is 5.04. The number of hydrogen-bond donors (Lipinski definition) is 1. The normalized spacial score (nSPS) is 12.8. The van der Waals surface area contributed by atoms with Crippen LogP contribution in [0.2, 0.25) is 0 Å². The fourth-order valence-electron chi connectivity index (χ4n) is 2.28. The number of anilines is 1. The largest absolute Gasteiger partial charge is 0.353 e. The van der Waals surface area contributed by atoms with Crippen molar-refractivity contribution in [2.75, 3.05) is 32.1 Å². The molecule has 0 radical (unpaired) electrons. The quantitative estimate of drug-likeness (QED) is 0.833. The minimum atomic E-state index is 0.421. The molecule has 0 amide bonds. The molecule has 0 aliphatic rings. The van der Waals surface area contributed by atoms with E-state index < -0.39 is 0 Å². The first-order valence-electron chi connectivity index (χ1n) is 6.57. The van der Waals surface area contributed by atoms with E-state index in [2.05, 4.69) is 48.8 Å². The second kappa shape index (κ2) is 6.71. The first-order valence-corrected chi connectivity index (χ1v) is 6.57. The summed E-state index contributed by atoms with van der Waals surface area (Å²) in [6.07, 6.45) is 0. The Morgan fingerprint density at radius 1 is 1.33 bits per heavy atom. The third kappa shape index (κ3) is 3.68. The van der Waals surface area contributed by atoms with Crippen LogP contribution in [0.5, 0.6) is 0 Å². The summed E-state index contributed by atoms with van der Waals surface area (Å²) in [5.41, 5.74) is 7.98. The summed E-state index contributed by atoms with van der Waals surface area (Å²) in [4.78, 5) is 9.20. The van der Waals surface area contributed by atoms with E-state index in [1.54, 1.807) is 0 Å². The number of aromatic nitrogens is 1. The van der Waals surface area contributed by atoms with Crippen LogP contribution in [-0.4, -0.2) is 43.1 Å². The molecule has 0 saturated carbocycles. The molecule has 1 aromatic rings. The molecule has 2 N–H and O–H groups in total. The smallest absolute Gasteiger partial charge is 0.133 e. The first-order chi connectivity index (χ1) is 8.49. The van der Waals surface area contributed by atoms with Crippen molar-refractivity contribution in [3.8, 4) is 0 Å². The van der Waals surface area contributed by atoms with Gasteiger partial charge in [-0.2, -0.15) is 0 Å². The Kier molecular flexibility index (Phi) is 5.56. The third-order valence-electron chi connectivity index (χ3n) is 3.09. The molecular weight excluding hydrogens is 224 g/mol. The fourth-order valence-corrected chi connectivity index (χ4v) is 2.28. The number of hydrogen-bond acceptors (Lipinski definition) is 4. The summed E-state index contributed by atoms with van der Waals surface area (Å²) in [6.45, 7) is 8.90. The molecule has 0 fully saturated rings. The van der Waals surface area contributed by atoms with E-state index in [1.807, 2.05) is 13.0 Å². The lowest BCUT2D eigenvalue weighted by atomic mass is 10.2. The molecule has 4 nitrogen and oxygen atoms in total. The molecule has 18 heavy (non-hydrogen) atoms. The Balaban J connectivity index is 3.03. The highest BCUT2D eigenvalue weighted by Gasteiger charge is 2.17. The molecule has 1 heterocycles. The number of rotatable bonds is 6. The molecular formula is C14H26N4. The molecule has 4 heteroatoms. The lowest BCUT2D eigenvalue weighted by Crippen LogP contribution is -2.41. The van der Waals surface area contributed by atoms with Crippen LogP contribution >= 0.6 is 0 Å². The molecule has 0 aliphatic heterocycles. The van der Waals surface area contributed by atoms with Crippen LogP contribution in [0.3, 0.4) is 0 Å². The Bertz CT molecular complexity index is 376. The van der Waals surface area contributed by atoms with Crippen molar-refractivity contribution in [3.63, 3.8) is 0 Å². The van der Waals surface area contributed by atoms with Gasteiger partial charge in [-0.15, -0.1) is 0 Å². The van der Waals surface area contributed by atoms with Crippen molar-refractivity contribution >= 4 is 5.82 Å². The lowest BCUT2D eigenvalue weighted by Gasteiger charge is -2.32. The van der Waals surface area contributed by atoms with Gasteiger partial charge < -0.3 is 15.5 Å². The van der Waals surface area contributed by atoms with Gasteiger partial charge >= 0.3 is 0 Å². The zero-order valence-corrected chi connectivity index (χ0v) is 12.3. The highest BCUT2D eigenvalue weighted by atomic mass is 15.2. The van der Waals surface area contributed by atoms with Crippen molar-refractivity contribution in [2.24, 2.45) is 5.73 Å². The van der Waals surface area contributed by atoms with E-state index in [9.17, 15) is 0 Å². The average Bonchev–Trinajstić information content (AvgIpc) is 2.29. The standard InChI is InChI=1S/C14H26N4/c1-6-18(12(3)10-17(4)5)14-13(9-15)8-7-11(2)16-14/h7-8,12H,6,9-10,15H2,1-5H3. The maximum absolute atomic E-state index is 5.82. The van der Waals surface area contributed by atoms with Crippen LogP contribution in [0.1, 0.15) is 25.1 Å². The summed E-state index contributed by atoms with van der Waals surface area (Å²) < 4.78 is 0. The van der Waals surface area contributed by atoms with Gasteiger partial charge in [-0.05, 0) is 40.9 Å². The van der Waals surface area contributed by atoms with Gasteiger partial charge in [0.25, 0.3) is 0 Å². The summed E-state index contributed by atoms with van der Waals surface area (Å²) in [7, 11) is 4.19. The molecule has 0 aromatic carbocycles. The van der Waals surface area contributed by atoms with Gasteiger partial charge in [0.2, 0.25) is 0 Å². The van der Waals surface area contributed by atoms with Crippen molar-refractivity contribution in [1.29, 1.82) is 0 Å². The van der Waals surface area contributed by atoms with E-state index in [0.29, 0.717) is 12.6 Å². The van der Waals surface area contributed by atoms with Crippen LogP contribution in [0.15, 0.2) is 12.1 Å². The monoisotopic (exact) mass is 250 g/mol. The van der Waals surface area contributed by atoms with Crippen molar-refractivity contribution in [2.45, 2.75) is 33.4 Å². The summed E-state index contributed by atoms with van der Waals surface area (Å²) in [5, 5.41) is 0. The van der Waals surface area contributed by atoms with Gasteiger partial charge in [0.1, 0.15) is 5.82 Å². The molecule has 0 aliphatic carbocycles. The fraction of sp³-hybridized carbons (Fsp3) is 0.643. The van der Waals surface area contributed by atoms with Crippen LogP contribution in [0.25, 0.3) is 0 Å². The Hall–Kier alpha value is -1.13. The topological polar surface area (TPSA) is 45.4 Å². The van der Waals surface area contributed by atoms with Gasteiger partial charge in [0, 0.05) is 36.9 Å². The van der Waals surface area contributed by atoms with Gasteiger partial charge in [-0.1, -0.05) is 6.07 Å². The zero-order chi connectivity index (χ0) is 13.7. The lowest BCUT2D eigenvalue weighted by molar-refractivity contribution is 0.372. The van der Waals surface area contributed by atoms with Gasteiger partial charge in [0.15, 0.2) is 0 Å². The van der Waals surface area contributed by atoms with Gasteiger partial charge in [-0.3, -0.25) is 0 Å². The van der Waals surface area contributed by atoms with Crippen LogP contribution in [-0.2, 0) is 6.54 Å². The Morgan fingerprint density at radius 2 is 2.00 bits per heavy atom. The maximum Gasteiger partial charge on any atom is 0.133 e. The van der Waals surface area contributed by atoms with Crippen LogP contribution < -0.4 is 10.6 Å². The van der Waals surface area contributed by atoms with E-state index in [0.717, 1.165) is 30.2 Å². The number of nitrogens with zero attached hydrogens (tertiary/aromatic N) is 3. The van der Waals surface area contributed by atoms with Crippen molar-refractivity contribution < 1.29 is 0 Å². The molecule has 1 rings (SSSR count). The Morgan fingerprint density at radius 3 is 2.50 bits per heavy atom. The summed E-state index contributed by atoms with van der Waals surface area (Å²) >= 11 is 0. The zero-order valence-electron chi connectivity index (χ0n) is 12.3. The predicted molar refractivity (Wildman–Crippen MR) is 77.9 cm³/mol. The minimum Gasteiger partial charge on any atom is -0.353 e. The highest BCUT2D eigenvalue weighted by molar-refractivity contribution is 5.48. The van der Waals surface area contributed by atoms with E-state index >= 15 is 0 Å². The molecule has 102 valence electrons. The number of aryl methyl sites for hydroxylation is 1. The number of pyridine rings is 1. The van der Waals surface area contributed by atoms with E-state index in [-0.39, 0.29) is 0 Å². The highest BCUT2D eigenvalue weighted by Crippen LogP contribution is 2.20. The van der Waals surface area contributed by atoms with Gasteiger partial charge in [-0.25, -0.2) is 4.98 Å². The van der Waals surface area contributed by atoms with Crippen LogP contribution in [0, 0.1) is 6.92 Å². The van der Waals surface area contributed by atoms with E-state index in [4.69, 9.17) is 5.73 Å².